The average Bonchev–Trinajstić information content (AvgIpc) is 2.82. The van der Waals surface area contributed by atoms with Gasteiger partial charge in [-0.05, 0) is 31.6 Å². The normalized spacial score (nSPS) is 37.9. The number of ether oxygens (including phenoxy) is 2. The Balaban J connectivity index is 1.85. The van der Waals surface area contributed by atoms with E-state index in [-0.39, 0.29) is 17.9 Å². The molecule has 0 aromatic rings. The molecule has 3 atom stereocenters. The third-order valence-corrected chi connectivity index (χ3v) is 4.64. The molecule has 19 heavy (non-hydrogen) atoms. The molecule has 0 aromatic carbocycles. The van der Waals surface area contributed by atoms with E-state index in [1.807, 2.05) is 0 Å². The fourth-order valence-electron chi connectivity index (χ4n) is 3.71. The van der Waals surface area contributed by atoms with Gasteiger partial charge in [0.05, 0.1) is 31.3 Å². The second-order valence-electron chi connectivity index (χ2n) is 5.92. The van der Waals surface area contributed by atoms with Crippen LogP contribution in [0.3, 0.4) is 0 Å². The summed E-state index contributed by atoms with van der Waals surface area (Å²) >= 11 is 0. The van der Waals surface area contributed by atoms with Crippen molar-refractivity contribution in [2.24, 2.45) is 11.8 Å². The molecular weight excluding hydrogens is 242 g/mol. The van der Waals surface area contributed by atoms with E-state index in [0.29, 0.717) is 13.2 Å². The van der Waals surface area contributed by atoms with Crippen LogP contribution in [-0.2, 0) is 9.47 Å². The smallest absolute Gasteiger partial charge is 0.172 e. The molecule has 0 aromatic heterocycles. The van der Waals surface area contributed by atoms with Crippen molar-refractivity contribution in [3.63, 3.8) is 0 Å². The van der Waals surface area contributed by atoms with Crippen LogP contribution in [0.4, 0.5) is 0 Å². The lowest BCUT2D eigenvalue weighted by Crippen LogP contribution is -2.38. The van der Waals surface area contributed by atoms with Crippen LogP contribution in [0, 0.1) is 23.2 Å². The van der Waals surface area contributed by atoms with Crippen molar-refractivity contribution in [3.05, 3.63) is 11.6 Å². The van der Waals surface area contributed by atoms with Crippen molar-refractivity contribution in [2.75, 3.05) is 13.2 Å². The maximum Gasteiger partial charge on any atom is 0.172 e. The van der Waals surface area contributed by atoms with Gasteiger partial charge in [0.1, 0.15) is 0 Å². The van der Waals surface area contributed by atoms with Crippen molar-refractivity contribution in [2.45, 2.75) is 50.4 Å². The molecule has 0 bridgehead atoms. The van der Waals surface area contributed by atoms with Crippen molar-refractivity contribution in [1.82, 2.24) is 0 Å². The summed E-state index contributed by atoms with van der Waals surface area (Å²) in [5.74, 6) is -0.240. The summed E-state index contributed by atoms with van der Waals surface area (Å²) in [6, 6.07) is 2.43. The Kier molecular flexibility index (Phi) is 3.62. The molecule has 4 heteroatoms. The fourth-order valence-corrected chi connectivity index (χ4v) is 3.71. The van der Waals surface area contributed by atoms with Crippen molar-refractivity contribution >= 4 is 0 Å². The molecule has 3 rings (SSSR count). The lowest BCUT2D eigenvalue weighted by atomic mass is 9.72. The van der Waals surface area contributed by atoms with Crippen molar-refractivity contribution < 1.29 is 14.6 Å². The van der Waals surface area contributed by atoms with Crippen molar-refractivity contribution in [1.29, 1.82) is 5.26 Å². The summed E-state index contributed by atoms with van der Waals surface area (Å²) in [5.41, 5.74) is 1.21. The van der Waals surface area contributed by atoms with E-state index < -0.39 is 5.79 Å². The number of nitrogens with zero attached hydrogens (tertiary/aromatic N) is 1. The third kappa shape index (κ3) is 2.55. The average molecular weight is 263 g/mol. The number of hydrogen-bond donors (Lipinski definition) is 1. The predicted octanol–water partition coefficient (Wildman–Crippen LogP) is 2.14. The Morgan fingerprint density at radius 2 is 2.11 bits per heavy atom. The van der Waals surface area contributed by atoms with Crippen LogP contribution >= 0.6 is 0 Å². The molecule has 2 aliphatic carbocycles. The molecule has 104 valence electrons. The fraction of sp³-hybridized carbons (Fsp3) is 0.800. The molecular formula is C15H21NO3. The predicted molar refractivity (Wildman–Crippen MR) is 69.0 cm³/mol. The number of allylic oxidation sites excluding steroid dienone is 1. The molecule has 1 spiro atoms. The summed E-state index contributed by atoms with van der Waals surface area (Å²) in [5, 5.41) is 19.4. The SMILES string of the molecule is N#C[C@H]1CCC[C@H](O)C[C@@H]2CC3(CC=C21)OCCO3. The molecule has 0 unspecified atom stereocenters. The van der Waals surface area contributed by atoms with Gasteiger partial charge in [-0.25, -0.2) is 0 Å². The summed E-state index contributed by atoms with van der Waals surface area (Å²) in [6.07, 6.45) is 6.75. The standard InChI is InChI=1S/C15H21NO3/c16-10-11-2-1-3-13(17)8-12-9-15(5-4-14(11)12)18-6-7-19-15/h4,11-13,17H,1-3,5-9H2/t11-,12-,13+/m1/s1. The van der Waals surface area contributed by atoms with E-state index in [1.54, 1.807) is 0 Å². The largest absolute Gasteiger partial charge is 0.393 e. The molecule has 1 saturated heterocycles. The van der Waals surface area contributed by atoms with E-state index >= 15 is 0 Å². The first-order valence-electron chi connectivity index (χ1n) is 7.28. The molecule has 2 fully saturated rings. The summed E-state index contributed by atoms with van der Waals surface area (Å²) in [7, 11) is 0. The van der Waals surface area contributed by atoms with Crippen LogP contribution < -0.4 is 0 Å². The Bertz CT molecular complexity index is 406. The van der Waals surface area contributed by atoms with Crippen LogP contribution in [0.15, 0.2) is 11.6 Å². The molecule has 0 amide bonds. The van der Waals surface area contributed by atoms with E-state index in [1.165, 1.54) is 5.57 Å². The Hall–Kier alpha value is -0.890. The van der Waals surface area contributed by atoms with Gasteiger partial charge in [0.2, 0.25) is 0 Å². The zero-order chi connectivity index (χ0) is 13.3. The van der Waals surface area contributed by atoms with E-state index in [4.69, 9.17) is 9.47 Å². The van der Waals surface area contributed by atoms with Gasteiger partial charge >= 0.3 is 0 Å². The van der Waals surface area contributed by atoms with Crippen LogP contribution in [0.25, 0.3) is 0 Å². The second-order valence-corrected chi connectivity index (χ2v) is 5.92. The minimum absolute atomic E-state index is 0.0104. The van der Waals surface area contributed by atoms with E-state index in [9.17, 15) is 10.4 Å². The van der Waals surface area contributed by atoms with Gasteiger partial charge in [-0.2, -0.15) is 5.26 Å². The van der Waals surface area contributed by atoms with Crippen molar-refractivity contribution in [3.8, 4) is 6.07 Å². The van der Waals surface area contributed by atoms with Crippen LogP contribution in [0.5, 0.6) is 0 Å². The number of hydrogen-bond acceptors (Lipinski definition) is 4. The van der Waals surface area contributed by atoms with Crippen LogP contribution in [0.1, 0.15) is 38.5 Å². The van der Waals surface area contributed by atoms with Gasteiger partial charge in [0, 0.05) is 12.8 Å². The molecule has 1 heterocycles. The molecule has 1 saturated carbocycles. The first-order valence-corrected chi connectivity index (χ1v) is 7.28. The summed E-state index contributed by atoms with van der Waals surface area (Å²) in [4.78, 5) is 0. The highest BCUT2D eigenvalue weighted by Crippen LogP contribution is 2.44. The molecule has 3 aliphatic rings. The zero-order valence-electron chi connectivity index (χ0n) is 11.2. The second kappa shape index (κ2) is 5.24. The number of aliphatic hydroxyl groups is 1. The van der Waals surface area contributed by atoms with E-state index in [2.05, 4.69) is 12.1 Å². The maximum atomic E-state index is 10.1. The lowest BCUT2D eigenvalue weighted by Gasteiger charge is -2.39. The van der Waals surface area contributed by atoms with Gasteiger partial charge in [0.15, 0.2) is 5.79 Å². The van der Waals surface area contributed by atoms with Gasteiger partial charge in [0.25, 0.3) is 0 Å². The molecule has 4 nitrogen and oxygen atoms in total. The number of fused-ring (bicyclic) bond motifs is 1. The highest BCUT2D eigenvalue weighted by Gasteiger charge is 2.43. The minimum Gasteiger partial charge on any atom is -0.393 e. The van der Waals surface area contributed by atoms with Crippen LogP contribution in [0.2, 0.25) is 0 Å². The highest BCUT2D eigenvalue weighted by molar-refractivity contribution is 5.22. The van der Waals surface area contributed by atoms with Gasteiger partial charge in [-0.15, -0.1) is 0 Å². The highest BCUT2D eigenvalue weighted by atomic mass is 16.7. The number of aliphatic hydroxyl groups excluding tert-OH is 1. The Labute approximate surface area is 114 Å². The zero-order valence-corrected chi connectivity index (χ0v) is 11.2. The quantitative estimate of drug-likeness (QED) is 0.680. The van der Waals surface area contributed by atoms with Gasteiger partial charge < -0.3 is 14.6 Å². The van der Waals surface area contributed by atoms with Crippen LogP contribution in [-0.4, -0.2) is 30.2 Å². The summed E-state index contributed by atoms with van der Waals surface area (Å²) < 4.78 is 11.6. The third-order valence-electron chi connectivity index (χ3n) is 4.64. The molecule has 1 aliphatic heterocycles. The molecule has 0 radical (unpaired) electrons. The van der Waals surface area contributed by atoms with Gasteiger partial charge in [-0.3, -0.25) is 0 Å². The minimum atomic E-state index is -0.479. The number of nitriles is 1. The monoisotopic (exact) mass is 263 g/mol. The first-order chi connectivity index (χ1) is 9.22. The Morgan fingerprint density at radius 1 is 1.32 bits per heavy atom. The lowest BCUT2D eigenvalue weighted by molar-refractivity contribution is -0.171. The molecule has 1 N–H and O–H groups in total. The van der Waals surface area contributed by atoms with Gasteiger partial charge in [-0.1, -0.05) is 11.6 Å². The van der Waals surface area contributed by atoms with E-state index in [0.717, 1.165) is 38.5 Å². The topological polar surface area (TPSA) is 62.5 Å². The maximum absolute atomic E-state index is 10.1. The summed E-state index contributed by atoms with van der Waals surface area (Å²) in [6.45, 7) is 1.31. The first kappa shape index (κ1) is 13.1. The number of rotatable bonds is 0. The Morgan fingerprint density at radius 3 is 2.84 bits per heavy atom.